The van der Waals surface area contributed by atoms with Gasteiger partial charge in [-0.1, -0.05) is 25.1 Å². The molecule has 21 heavy (non-hydrogen) atoms. The van der Waals surface area contributed by atoms with Crippen molar-refractivity contribution in [3.8, 4) is 5.75 Å². The lowest BCUT2D eigenvalue weighted by molar-refractivity contribution is -0.172. The third kappa shape index (κ3) is 4.94. The molecule has 1 N–H and O–H groups in total. The van der Waals surface area contributed by atoms with Gasteiger partial charge < -0.3 is 10.1 Å². The molecule has 1 aromatic carbocycles. The molecule has 0 saturated heterocycles. The summed E-state index contributed by atoms with van der Waals surface area (Å²) in [5, 5.41) is 1.65. The molecule has 4 nitrogen and oxygen atoms in total. The Morgan fingerprint density at radius 2 is 1.76 bits per heavy atom. The SMILES string of the molecule is CC/C(C(=O)Oc1ccccc1)=C(/C)NC(=O)C(F)(F)F. The third-order valence-electron chi connectivity index (χ3n) is 2.56. The number of carbonyl (C=O) groups excluding carboxylic acids is 2. The zero-order valence-electron chi connectivity index (χ0n) is 11.5. The third-order valence-corrected chi connectivity index (χ3v) is 2.56. The van der Waals surface area contributed by atoms with Gasteiger partial charge in [-0.2, -0.15) is 13.2 Å². The van der Waals surface area contributed by atoms with Gasteiger partial charge in [-0.25, -0.2) is 4.79 Å². The van der Waals surface area contributed by atoms with Crippen LogP contribution in [0.1, 0.15) is 20.3 Å². The summed E-state index contributed by atoms with van der Waals surface area (Å²) in [6.45, 7) is 2.79. The van der Waals surface area contributed by atoms with Crippen LogP contribution >= 0.6 is 0 Å². The minimum Gasteiger partial charge on any atom is -0.423 e. The number of amides is 1. The molecule has 0 spiro atoms. The molecule has 0 heterocycles. The van der Waals surface area contributed by atoms with Crippen LogP contribution in [0.25, 0.3) is 0 Å². The van der Waals surface area contributed by atoms with Gasteiger partial charge in [-0.3, -0.25) is 4.79 Å². The van der Waals surface area contributed by atoms with Crippen LogP contribution in [0.2, 0.25) is 0 Å². The van der Waals surface area contributed by atoms with Gasteiger partial charge in [-0.15, -0.1) is 0 Å². The number of benzene rings is 1. The Balaban J connectivity index is 2.87. The largest absolute Gasteiger partial charge is 0.471 e. The van der Waals surface area contributed by atoms with Crippen molar-refractivity contribution in [2.75, 3.05) is 0 Å². The van der Waals surface area contributed by atoms with E-state index in [9.17, 15) is 22.8 Å². The van der Waals surface area contributed by atoms with Crippen LogP contribution < -0.4 is 10.1 Å². The van der Waals surface area contributed by atoms with Crippen molar-refractivity contribution in [2.45, 2.75) is 26.4 Å². The zero-order valence-corrected chi connectivity index (χ0v) is 11.5. The topological polar surface area (TPSA) is 55.4 Å². The maximum Gasteiger partial charge on any atom is 0.471 e. The van der Waals surface area contributed by atoms with Crippen molar-refractivity contribution in [1.29, 1.82) is 0 Å². The van der Waals surface area contributed by atoms with E-state index in [2.05, 4.69) is 0 Å². The molecule has 0 saturated carbocycles. The van der Waals surface area contributed by atoms with E-state index >= 15 is 0 Å². The highest BCUT2D eigenvalue weighted by Crippen LogP contribution is 2.18. The monoisotopic (exact) mass is 301 g/mol. The predicted molar refractivity (Wildman–Crippen MR) is 69.3 cm³/mol. The molecule has 0 unspecified atom stereocenters. The molecule has 1 amide bonds. The van der Waals surface area contributed by atoms with Gasteiger partial charge in [0.2, 0.25) is 0 Å². The van der Waals surface area contributed by atoms with Crippen molar-refractivity contribution in [3.05, 3.63) is 41.6 Å². The van der Waals surface area contributed by atoms with Crippen LogP contribution in [0.3, 0.4) is 0 Å². The molecule has 114 valence electrons. The lowest BCUT2D eigenvalue weighted by atomic mass is 10.1. The molecular formula is C14H14F3NO3. The second kappa shape index (κ2) is 6.92. The van der Waals surface area contributed by atoms with Gasteiger partial charge in [0.25, 0.3) is 0 Å². The summed E-state index contributed by atoms with van der Waals surface area (Å²) in [5.41, 5.74) is -0.211. The fourth-order valence-electron chi connectivity index (χ4n) is 1.54. The number of hydrogen-bond acceptors (Lipinski definition) is 3. The number of para-hydroxylation sites is 1. The molecule has 0 aromatic heterocycles. The smallest absolute Gasteiger partial charge is 0.423 e. The number of carbonyl (C=O) groups is 2. The van der Waals surface area contributed by atoms with Gasteiger partial charge in [0.15, 0.2) is 0 Å². The molecule has 0 aliphatic rings. The number of esters is 1. The first kappa shape index (κ1) is 16.7. The van der Waals surface area contributed by atoms with E-state index in [4.69, 9.17) is 4.74 Å². The average molecular weight is 301 g/mol. The van der Waals surface area contributed by atoms with Crippen LogP contribution in [0, 0.1) is 0 Å². The number of halogens is 3. The Morgan fingerprint density at radius 3 is 2.24 bits per heavy atom. The highest BCUT2D eigenvalue weighted by atomic mass is 19.4. The normalized spacial score (nSPS) is 12.4. The first-order valence-electron chi connectivity index (χ1n) is 6.10. The van der Waals surface area contributed by atoms with Gasteiger partial charge in [0.05, 0.1) is 5.57 Å². The zero-order chi connectivity index (χ0) is 16.0. The summed E-state index contributed by atoms with van der Waals surface area (Å²) < 4.78 is 41.5. The van der Waals surface area contributed by atoms with Crippen molar-refractivity contribution >= 4 is 11.9 Å². The summed E-state index contributed by atoms with van der Waals surface area (Å²) in [6.07, 6.45) is -4.89. The Kier molecular flexibility index (Phi) is 5.52. The summed E-state index contributed by atoms with van der Waals surface area (Å²) in [5.74, 6) is -2.66. The summed E-state index contributed by atoms with van der Waals surface area (Å²) >= 11 is 0. The van der Waals surface area contributed by atoms with Crippen LogP contribution in [-0.4, -0.2) is 18.1 Å². The van der Waals surface area contributed by atoms with E-state index in [0.717, 1.165) is 0 Å². The molecule has 0 bridgehead atoms. The van der Waals surface area contributed by atoms with Gasteiger partial charge in [-0.05, 0) is 25.5 Å². The van der Waals surface area contributed by atoms with Crippen LogP contribution in [0.4, 0.5) is 13.2 Å². The summed E-state index contributed by atoms with van der Waals surface area (Å²) in [7, 11) is 0. The molecule has 0 aliphatic heterocycles. The number of ether oxygens (including phenoxy) is 1. The molecule has 0 radical (unpaired) electrons. The standard InChI is InChI=1S/C14H14F3NO3/c1-3-11(9(2)18-13(20)14(15,16)17)12(19)21-10-7-5-4-6-8-10/h4-8H,3H2,1-2H3,(H,18,20)/b11-9+. The molecule has 1 rings (SSSR count). The molecular weight excluding hydrogens is 287 g/mol. The lowest BCUT2D eigenvalue weighted by Gasteiger charge is -2.12. The molecule has 0 fully saturated rings. The fraction of sp³-hybridized carbons (Fsp3) is 0.286. The number of allylic oxidation sites excluding steroid dienone is 1. The second-order valence-electron chi connectivity index (χ2n) is 4.11. The highest BCUT2D eigenvalue weighted by molar-refractivity contribution is 5.92. The Morgan fingerprint density at radius 1 is 1.19 bits per heavy atom. The van der Waals surface area contributed by atoms with Gasteiger partial charge in [0, 0.05) is 5.70 Å². The van der Waals surface area contributed by atoms with Gasteiger partial charge in [0.1, 0.15) is 5.75 Å². The molecule has 0 aliphatic carbocycles. The quantitative estimate of drug-likeness (QED) is 0.528. The summed E-state index contributed by atoms with van der Waals surface area (Å²) in [4.78, 5) is 22.8. The van der Waals surface area contributed by atoms with Crippen molar-refractivity contribution < 1.29 is 27.5 Å². The Labute approximate surface area is 119 Å². The lowest BCUT2D eigenvalue weighted by Crippen LogP contribution is -2.36. The van der Waals surface area contributed by atoms with Gasteiger partial charge >= 0.3 is 18.1 Å². The Hall–Kier alpha value is -2.31. The van der Waals surface area contributed by atoms with E-state index in [1.807, 2.05) is 0 Å². The minimum atomic E-state index is -5.01. The minimum absolute atomic E-state index is 0.0311. The van der Waals surface area contributed by atoms with Crippen molar-refractivity contribution in [3.63, 3.8) is 0 Å². The van der Waals surface area contributed by atoms with E-state index in [1.54, 1.807) is 30.4 Å². The molecule has 1 aromatic rings. The van der Waals surface area contributed by atoms with E-state index in [1.165, 1.54) is 19.1 Å². The van der Waals surface area contributed by atoms with Crippen molar-refractivity contribution in [1.82, 2.24) is 5.32 Å². The Bertz CT molecular complexity index is 550. The van der Waals surface area contributed by atoms with E-state index in [0.29, 0.717) is 0 Å². The maximum atomic E-state index is 12.2. The first-order valence-corrected chi connectivity index (χ1v) is 6.10. The average Bonchev–Trinajstić information content (AvgIpc) is 2.39. The number of hydrogen-bond donors (Lipinski definition) is 1. The maximum absolute atomic E-state index is 12.2. The molecule has 7 heteroatoms. The van der Waals surface area contributed by atoms with Crippen molar-refractivity contribution in [2.24, 2.45) is 0 Å². The first-order chi connectivity index (χ1) is 9.75. The number of rotatable bonds is 4. The predicted octanol–water partition coefficient (Wildman–Crippen LogP) is 2.95. The second-order valence-corrected chi connectivity index (χ2v) is 4.11. The van der Waals surface area contributed by atoms with Crippen LogP contribution in [0.5, 0.6) is 5.75 Å². The summed E-state index contributed by atoms with van der Waals surface area (Å²) in [6, 6.07) is 8.10. The fourth-order valence-corrected chi connectivity index (χ4v) is 1.54. The van der Waals surface area contributed by atoms with E-state index < -0.39 is 18.1 Å². The van der Waals surface area contributed by atoms with Crippen LogP contribution in [-0.2, 0) is 9.59 Å². The highest BCUT2D eigenvalue weighted by Gasteiger charge is 2.39. The molecule has 0 atom stereocenters. The number of alkyl halides is 3. The number of nitrogens with one attached hydrogen (secondary N) is 1. The van der Waals surface area contributed by atoms with E-state index in [-0.39, 0.29) is 23.4 Å². The van der Waals surface area contributed by atoms with Crippen LogP contribution in [0.15, 0.2) is 41.6 Å².